The Kier molecular flexibility index (Phi) is 2.78. The summed E-state index contributed by atoms with van der Waals surface area (Å²) >= 11 is 0. The minimum atomic E-state index is -0.349. The summed E-state index contributed by atoms with van der Waals surface area (Å²) in [5, 5.41) is 0. The average Bonchev–Trinajstić information content (AvgIpc) is 2.64. The van der Waals surface area contributed by atoms with Crippen LogP contribution in [0.15, 0.2) is 0 Å². The van der Waals surface area contributed by atoms with Crippen molar-refractivity contribution in [3.63, 3.8) is 0 Å². The zero-order valence-electron chi connectivity index (χ0n) is 9.93. The van der Waals surface area contributed by atoms with Crippen LogP contribution in [0, 0.1) is 0 Å². The zero-order valence-corrected chi connectivity index (χ0v) is 9.93. The summed E-state index contributed by atoms with van der Waals surface area (Å²) < 4.78 is 5.30. The maximum absolute atomic E-state index is 12.2. The van der Waals surface area contributed by atoms with E-state index in [1.165, 1.54) is 11.3 Å². The molecule has 1 atom stereocenters. The van der Waals surface area contributed by atoms with Crippen LogP contribution in [-0.4, -0.2) is 53.6 Å². The van der Waals surface area contributed by atoms with Gasteiger partial charge in [-0.3, -0.25) is 9.69 Å². The zero-order chi connectivity index (χ0) is 11.8. The van der Waals surface area contributed by atoms with Crippen molar-refractivity contribution in [2.45, 2.75) is 44.2 Å². The van der Waals surface area contributed by atoms with Gasteiger partial charge in [0.25, 0.3) is 5.91 Å². The summed E-state index contributed by atoms with van der Waals surface area (Å²) in [6.07, 6.45) is 5.42. The van der Waals surface area contributed by atoms with Crippen LogP contribution in [0.2, 0.25) is 0 Å². The van der Waals surface area contributed by atoms with Crippen LogP contribution in [0.5, 0.6) is 0 Å². The molecule has 0 radical (unpaired) electrons. The van der Waals surface area contributed by atoms with Crippen LogP contribution in [0.25, 0.3) is 0 Å². The molecule has 5 heteroatoms. The molecule has 1 aliphatic carbocycles. The van der Waals surface area contributed by atoms with Gasteiger partial charge in [0, 0.05) is 12.6 Å². The van der Waals surface area contributed by atoms with Crippen LogP contribution in [0.1, 0.15) is 32.1 Å². The monoisotopic (exact) mass is 238 g/mol. The Hall–Kier alpha value is -1.10. The summed E-state index contributed by atoms with van der Waals surface area (Å²) in [5.74, 6) is -0.0402. The second-order valence-electron chi connectivity index (χ2n) is 5.07. The third kappa shape index (κ3) is 1.73. The molecule has 3 aliphatic rings. The fraction of sp³-hybridized carbons (Fsp3) is 0.833. The van der Waals surface area contributed by atoms with Gasteiger partial charge in [-0.2, -0.15) is 0 Å². The van der Waals surface area contributed by atoms with Crippen molar-refractivity contribution in [1.82, 2.24) is 9.80 Å². The molecule has 17 heavy (non-hydrogen) atoms. The highest BCUT2D eigenvalue weighted by molar-refractivity contribution is 6.04. The van der Waals surface area contributed by atoms with Crippen molar-refractivity contribution < 1.29 is 14.3 Å². The van der Waals surface area contributed by atoms with Gasteiger partial charge in [0.1, 0.15) is 6.04 Å². The standard InChI is InChI=1S/C12H18N2O3/c15-11-10-8-17-7-6-13(10)12(16)14(11)9-4-2-1-3-5-9/h9-10H,1-8H2. The van der Waals surface area contributed by atoms with Gasteiger partial charge in [0.05, 0.1) is 13.2 Å². The Morgan fingerprint density at radius 2 is 1.88 bits per heavy atom. The Labute approximate surface area is 101 Å². The van der Waals surface area contributed by atoms with Crippen molar-refractivity contribution in [2.75, 3.05) is 19.8 Å². The van der Waals surface area contributed by atoms with Crippen LogP contribution in [0.4, 0.5) is 4.79 Å². The fourth-order valence-corrected chi connectivity index (χ4v) is 3.11. The number of carbonyl (C=O) groups excluding carboxylic acids is 2. The largest absolute Gasteiger partial charge is 0.377 e. The highest BCUT2D eigenvalue weighted by Crippen LogP contribution is 2.29. The molecule has 0 aromatic heterocycles. The molecular formula is C12H18N2O3. The van der Waals surface area contributed by atoms with Gasteiger partial charge >= 0.3 is 6.03 Å². The van der Waals surface area contributed by atoms with Gasteiger partial charge in [-0.25, -0.2) is 4.79 Å². The first kappa shape index (κ1) is 11.0. The SMILES string of the molecule is O=C1C2COCCN2C(=O)N1C1CCCCC1. The van der Waals surface area contributed by atoms with Crippen molar-refractivity contribution in [1.29, 1.82) is 0 Å². The lowest BCUT2D eigenvalue weighted by atomic mass is 9.94. The van der Waals surface area contributed by atoms with Crippen LogP contribution in [0.3, 0.4) is 0 Å². The maximum atomic E-state index is 12.2. The normalized spacial score (nSPS) is 30.9. The van der Waals surface area contributed by atoms with E-state index in [1.54, 1.807) is 4.90 Å². The number of ether oxygens (including phenoxy) is 1. The first-order valence-electron chi connectivity index (χ1n) is 6.50. The van der Waals surface area contributed by atoms with E-state index in [0.29, 0.717) is 19.8 Å². The van der Waals surface area contributed by atoms with E-state index in [-0.39, 0.29) is 24.0 Å². The van der Waals surface area contributed by atoms with Gasteiger partial charge in [-0.05, 0) is 12.8 Å². The second-order valence-corrected chi connectivity index (χ2v) is 5.07. The number of amides is 3. The molecule has 0 N–H and O–H groups in total. The molecule has 0 aromatic rings. The number of urea groups is 1. The predicted molar refractivity (Wildman–Crippen MR) is 60.4 cm³/mol. The second kappa shape index (κ2) is 4.29. The Morgan fingerprint density at radius 1 is 1.12 bits per heavy atom. The first-order chi connectivity index (χ1) is 8.29. The number of hydrogen-bond acceptors (Lipinski definition) is 3. The quantitative estimate of drug-likeness (QED) is 0.640. The Bertz CT molecular complexity index is 315. The lowest BCUT2D eigenvalue weighted by molar-refractivity contribution is -0.133. The third-order valence-electron chi connectivity index (χ3n) is 4.04. The van der Waals surface area contributed by atoms with Crippen LogP contribution < -0.4 is 0 Å². The third-order valence-corrected chi connectivity index (χ3v) is 4.04. The van der Waals surface area contributed by atoms with E-state index in [2.05, 4.69) is 0 Å². The number of nitrogens with zero attached hydrogens (tertiary/aromatic N) is 2. The Balaban J connectivity index is 1.80. The fourth-order valence-electron chi connectivity index (χ4n) is 3.11. The summed E-state index contributed by atoms with van der Waals surface area (Å²) in [6.45, 7) is 1.47. The number of hydrogen-bond donors (Lipinski definition) is 0. The van der Waals surface area contributed by atoms with Crippen LogP contribution >= 0.6 is 0 Å². The van der Waals surface area contributed by atoms with E-state index in [0.717, 1.165) is 25.7 Å². The Morgan fingerprint density at radius 3 is 2.59 bits per heavy atom. The van der Waals surface area contributed by atoms with Gasteiger partial charge in [0.15, 0.2) is 0 Å². The van der Waals surface area contributed by atoms with E-state index >= 15 is 0 Å². The molecule has 3 amide bonds. The molecule has 1 saturated carbocycles. The molecule has 3 rings (SSSR count). The molecule has 2 heterocycles. The number of imide groups is 1. The van der Waals surface area contributed by atoms with E-state index in [9.17, 15) is 9.59 Å². The molecule has 2 aliphatic heterocycles. The number of fused-ring (bicyclic) bond motifs is 1. The van der Waals surface area contributed by atoms with E-state index < -0.39 is 0 Å². The summed E-state index contributed by atoms with van der Waals surface area (Å²) in [7, 11) is 0. The molecule has 0 bridgehead atoms. The lowest BCUT2D eigenvalue weighted by Gasteiger charge is -2.29. The highest BCUT2D eigenvalue weighted by atomic mass is 16.5. The molecule has 3 fully saturated rings. The van der Waals surface area contributed by atoms with E-state index in [1.807, 2.05) is 0 Å². The maximum Gasteiger partial charge on any atom is 0.327 e. The lowest BCUT2D eigenvalue weighted by Crippen LogP contribution is -2.45. The molecule has 5 nitrogen and oxygen atoms in total. The first-order valence-corrected chi connectivity index (χ1v) is 6.50. The van der Waals surface area contributed by atoms with Gasteiger partial charge in [-0.1, -0.05) is 19.3 Å². The van der Waals surface area contributed by atoms with E-state index in [4.69, 9.17) is 4.74 Å². The topological polar surface area (TPSA) is 49.9 Å². The molecular weight excluding hydrogens is 220 g/mol. The number of carbonyl (C=O) groups is 2. The van der Waals surface area contributed by atoms with Crippen molar-refractivity contribution in [2.24, 2.45) is 0 Å². The summed E-state index contributed by atoms with van der Waals surface area (Å²) in [6, 6.07) is -0.303. The summed E-state index contributed by atoms with van der Waals surface area (Å²) in [5.41, 5.74) is 0. The van der Waals surface area contributed by atoms with Crippen molar-refractivity contribution in [3.8, 4) is 0 Å². The molecule has 94 valence electrons. The predicted octanol–water partition coefficient (Wildman–Crippen LogP) is 0.982. The molecule has 0 aromatic carbocycles. The molecule has 0 spiro atoms. The van der Waals surface area contributed by atoms with Crippen LogP contribution in [-0.2, 0) is 9.53 Å². The minimum absolute atomic E-state index is 0.0402. The van der Waals surface area contributed by atoms with Crippen molar-refractivity contribution >= 4 is 11.9 Å². The van der Waals surface area contributed by atoms with Gasteiger partial charge in [0.2, 0.25) is 0 Å². The minimum Gasteiger partial charge on any atom is -0.377 e. The summed E-state index contributed by atoms with van der Waals surface area (Å²) in [4.78, 5) is 27.7. The molecule has 1 unspecified atom stereocenters. The number of rotatable bonds is 1. The smallest absolute Gasteiger partial charge is 0.327 e. The average molecular weight is 238 g/mol. The number of morpholine rings is 1. The highest BCUT2D eigenvalue weighted by Gasteiger charge is 2.48. The molecule has 2 saturated heterocycles. The van der Waals surface area contributed by atoms with Crippen molar-refractivity contribution in [3.05, 3.63) is 0 Å². The van der Waals surface area contributed by atoms with Gasteiger partial charge in [-0.15, -0.1) is 0 Å². The van der Waals surface area contributed by atoms with Gasteiger partial charge < -0.3 is 9.64 Å².